The smallest absolute Gasteiger partial charge is 0.333 e. The molecule has 0 saturated heterocycles. The van der Waals surface area contributed by atoms with Crippen LogP contribution >= 0.6 is 35.1 Å². The molecule has 9 heteroatoms. The normalized spacial score (nSPS) is 14.2. The van der Waals surface area contributed by atoms with Gasteiger partial charge in [-0.3, -0.25) is 5.01 Å². The maximum atomic E-state index is 11.8. The Balaban J connectivity index is 1.72. The summed E-state index contributed by atoms with van der Waals surface area (Å²) in [6.07, 6.45) is 0. The minimum atomic E-state index is -0.337. The van der Waals surface area contributed by atoms with E-state index in [2.05, 4.69) is 22.9 Å². The molecule has 3 N–H and O–H groups in total. The highest BCUT2D eigenvalue weighted by Crippen LogP contribution is 2.41. The zero-order chi connectivity index (χ0) is 17.2. The maximum absolute atomic E-state index is 11.8. The van der Waals surface area contributed by atoms with Crippen LogP contribution in [0.3, 0.4) is 0 Å². The number of amides is 2. The molecule has 0 aromatic heterocycles. The molecule has 0 spiro atoms. The van der Waals surface area contributed by atoms with Crippen molar-refractivity contribution in [2.75, 3.05) is 32.2 Å². The number of nitrogens with zero attached hydrogens (tertiary/aromatic N) is 1. The molecule has 1 aliphatic heterocycles. The van der Waals surface area contributed by atoms with Crippen molar-refractivity contribution in [2.45, 2.75) is 5.75 Å². The van der Waals surface area contributed by atoms with Crippen molar-refractivity contribution < 1.29 is 14.6 Å². The fourth-order valence-corrected chi connectivity index (χ4v) is 4.38. The van der Waals surface area contributed by atoms with Gasteiger partial charge >= 0.3 is 6.03 Å². The molecule has 0 saturated carbocycles. The standard InChI is InChI=1S/C15H20ClN3O3S2/c16-13-14(23-10-12-4-2-1-3-5-12)24-11-19(13)18-15(21)17-6-8-22-9-7-20/h1-5,20H,6-11H2,(H2,17,18,21). The number of hydrogen-bond donors (Lipinski definition) is 3. The summed E-state index contributed by atoms with van der Waals surface area (Å²) in [5, 5.41) is 13.4. The van der Waals surface area contributed by atoms with Crippen LogP contribution in [0.5, 0.6) is 0 Å². The second-order valence-electron chi connectivity index (χ2n) is 4.76. The van der Waals surface area contributed by atoms with Gasteiger partial charge in [0.15, 0.2) is 0 Å². The second-order valence-corrected chi connectivity index (χ2v) is 7.31. The highest BCUT2D eigenvalue weighted by Gasteiger charge is 2.23. The third kappa shape index (κ3) is 6.45. The van der Waals surface area contributed by atoms with E-state index in [-0.39, 0.29) is 19.2 Å². The van der Waals surface area contributed by atoms with Crippen LogP contribution in [0.2, 0.25) is 0 Å². The SMILES string of the molecule is O=C(NCCOCCO)NN1CSC(SCc2ccccc2)=C1Cl. The number of benzene rings is 1. The Kier molecular flexibility index (Phi) is 8.62. The van der Waals surface area contributed by atoms with Crippen molar-refractivity contribution in [3.8, 4) is 0 Å². The van der Waals surface area contributed by atoms with Crippen LogP contribution in [-0.2, 0) is 10.5 Å². The van der Waals surface area contributed by atoms with E-state index < -0.39 is 0 Å². The summed E-state index contributed by atoms with van der Waals surface area (Å²) >= 11 is 9.58. The first kappa shape index (κ1) is 19.3. The minimum absolute atomic E-state index is 0.0268. The van der Waals surface area contributed by atoms with Gasteiger partial charge in [-0.25, -0.2) is 10.2 Å². The number of aliphatic hydroxyl groups excluding tert-OH is 1. The van der Waals surface area contributed by atoms with Crippen LogP contribution in [0.25, 0.3) is 0 Å². The van der Waals surface area contributed by atoms with E-state index in [1.165, 1.54) is 5.56 Å². The van der Waals surface area contributed by atoms with Gasteiger partial charge in [0.1, 0.15) is 5.16 Å². The van der Waals surface area contributed by atoms with Gasteiger partial charge in [-0.15, -0.1) is 11.8 Å². The molecule has 1 aromatic carbocycles. The second kappa shape index (κ2) is 10.7. The number of aliphatic hydroxyl groups is 1. The van der Waals surface area contributed by atoms with Gasteiger partial charge in [0.05, 0.1) is 29.9 Å². The lowest BCUT2D eigenvalue weighted by atomic mass is 10.2. The Morgan fingerprint density at radius 3 is 2.92 bits per heavy atom. The Morgan fingerprint density at radius 1 is 1.38 bits per heavy atom. The number of thioether (sulfide) groups is 2. The number of urea groups is 1. The first-order chi connectivity index (χ1) is 11.7. The number of halogens is 1. The van der Waals surface area contributed by atoms with Gasteiger partial charge in [0, 0.05) is 12.3 Å². The third-order valence-electron chi connectivity index (χ3n) is 2.95. The highest BCUT2D eigenvalue weighted by atomic mass is 35.5. The monoisotopic (exact) mass is 389 g/mol. The lowest BCUT2D eigenvalue weighted by Crippen LogP contribution is -2.45. The van der Waals surface area contributed by atoms with Crippen LogP contribution in [0.1, 0.15) is 5.56 Å². The maximum Gasteiger partial charge on any atom is 0.333 e. The molecule has 0 atom stereocenters. The molecule has 0 aliphatic carbocycles. The summed E-state index contributed by atoms with van der Waals surface area (Å²) < 4.78 is 6.06. The molecule has 2 rings (SSSR count). The number of nitrogens with one attached hydrogen (secondary N) is 2. The molecule has 1 aromatic rings. The Morgan fingerprint density at radius 2 is 2.17 bits per heavy atom. The highest BCUT2D eigenvalue weighted by molar-refractivity contribution is 8.22. The molecule has 1 aliphatic rings. The van der Waals surface area contributed by atoms with Crippen molar-refractivity contribution >= 4 is 41.2 Å². The molecule has 6 nitrogen and oxygen atoms in total. The number of carbonyl (C=O) groups excluding carboxylic acids is 1. The van der Waals surface area contributed by atoms with Gasteiger partial charge in [0.2, 0.25) is 0 Å². The van der Waals surface area contributed by atoms with E-state index >= 15 is 0 Å². The summed E-state index contributed by atoms with van der Waals surface area (Å²) in [6.45, 7) is 0.956. The molecular weight excluding hydrogens is 370 g/mol. The van der Waals surface area contributed by atoms with E-state index in [9.17, 15) is 4.79 Å². The topological polar surface area (TPSA) is 73.8 Å². The van der Waals surface area contributed by atoms with Gasteiger partial charge in [-0.1, -0.05) is 53.7 Å². The van der Waals surface area contributed by atoms with Gasteiger partial charge < -0.3 is 15.2 Å². The number of rotatable bonds is 9. The lowest BCUT2D eigenvalue weighted by molar-refractivity contribution is 0.0943. The minimum Gasteiger partial charge on any atom is -0.394 e. The average Bonchev–Trinajstić information content (AvgIpc) is 2.94. The van der Waals surface area contributed by atoms with Gasteiger partial charge in [-0.2, -0.15) is 0 Å². The third-order valence-corrected chi connectivity index (χ3v) is 6.05. The summed E-state index contributed by atoms with van der Waals surface area (Å²) in [5.74, 6) is 1.41. The molecular formula is C15H20ClN3O3S2. The van der Waals surface area contributed by atoms with Crippen LogP contribution in [0.4, 0.5) is 4.79 Å². The summed E-state index contributed by atoms with van der Waals surface area (Å²) in [4.78, 5) is 11.8. The van der Waals surface area contributed by atoms with Gasteiger partial charge in [-0.05, 0) is 5.56 Å². The molecule has 1 heterocycles. The van der Waals surface area contributed by atoms with Crippen LogP contribution in [0, 0.1) is 0 Å². The molecule has 24 heavy (non-hydrogen) atoms. The van der Waals surface area contributed by atoms with Gasteiger partial charge in [0.25, 0.3) is 0 Å². The number of carbonyl (C=O) groups is 1. The van der Waals surface area contributed by atoms with Crippen LogP contribution < -0.4 is 10.7 Å². The first-order valence-electron chi connectivity index (χ1n) is 7.40. The Hall–Kier alpha value is -1.06. The number of hydrogen-bond acceptors (Lipinski definition) is 6. The van der Waals surface area contributed by atoms with Crippen molar-refractivity contribution in [3.05, 3.63) is 45.3 Å². The number of ether oxygens (including phenoxy) is 1. The van der Waals surface area contributed by atoms with Crippen LogP contribution in [-0.4, -0.2) is 48.4 Å². The number of hydrazine groups is 1. The summed E-state index contributed by atoms with van der Waals surface area (Å²) in [6, 6.07) is 9.82. The van der Waals surface area contributed by atoms with E-state index in [1.807, 2.05) is 18.2 Å². The lowest BCUT2D eigenvalue weighted by Gasteiger charge is -2.18. The van der Waals surface area contributed by atoms with Crippen molar-refractivity contribution in [3.63, 3.8) is 0 Å². The zero-order valence-corrected chi connectivity index (χ0v) is 15.4. The first-order valence-corrected chi connectivity index (χ1v) is 9.75. The van der Waals surface area contributed by atoms with Crippen molar-refractivity contribution in [1.29, 1.82) is 0 Å². The molecule has 0 radical (unpaired) electrons. The molecule has 2 amide bonds. The fourth-order valence-electron chi connectivity index (χ4n) is 1.82. The zero-order valence-electron chi connectivity index (χ0n) is 13.0. The fraction of sp³-hybridized carbons (Fsp3) is 0.400. The molecule has 0 unspecified atom stereocenters. The van der Waals surface area contributed by atoms with Crippen LogP contribution in [0.15, 0.2) is 39.7 Å². The summed E-state index contributed by atoms with van der Waals surface area (Å²) in [5.41, 5.74) is 3.93. The van der Waals surface area contributed by atoms with E-state index in [0.717, 1.165) is 9.99 Å². The van der Waals surface area contributed by atoms with E-state index in [1.54, 1.807) is 28.5 Å². The molecule has 0 bridgehead atoms. The van der Waals surface area contributed by atoms with E-state index in [0.29, 0.717) is 24.2 Å². The largest absolute Gasteiger partial charge is 0.394 e. The van der Waals surface area contributed by atoms with Crippen molar-refractivity contribution in [2.24, 2.45) is 0 Å². The Bertz CT molecular complexity index is 560. The predicted molar refractivity (Wildman–Crippen MR) is 99.4 cm³/mol. The Labute approximate surface area is 154 Å². The van der Waals surface area contributed by atoms with Crippen molar-refractivity contribution in [1.82, 2.24) is 15.8 Å². The quantitative estimate of drug-likeness (QED) is 0.445. The molecule has 0 fully saturated rings. The predicted octanol–water partition coefficient (Wildman–Crippen LogP) is 2.51. The molecule has 132 valence electrons. The summed E-state index contributed by atoms with van der Waals surface area (Å²) in [7, 11) is 0. The average molecular weight is 390 g/mol. The van der Waals surface area contributed by atoms with E-state index in [4.69, 9.17) is 21.4 Å².